The molecule has 17 heavy (non-hydrogen) atoms. The second-order valence-corrected chi connectivity index (χ2v) is 6.57. The molecule has 1 saturated heterocycles. The van der Waals surface area contributed by atoms with Crippen molar-refractivity contribution in [1.29, 1.82) is 0 Å². The van der Waals surface area contributed by atoms with Crippen LogP contribution in [0.2, 0.25) is 0 Å². The summed E-state index contributed by atoms with van der Waals surface area (Å²) in [6.45, 7) is 6.27. The van der Waals surface area contributed by atoms with Gasteiger partial charge in [0, 0.05) is 25.8 Å². The van der Waals surface area contributed by atoms with Crippen LogP contribution in [0, 0.1) is 6.92 Å². The molecule has 0 spiro atoms. The molecule has 2 rings (SSSR count). The van der Waals surface area contributed by atoms with Gasteiger partial charge in [0.05, 0.1) is 5.60 Å². The predicted molar refractivity (Wildman–Crippen MR) is 62.0 cm³/mol. The second kappa shape index (κ2) is 3.79. The number of imidazole rings is 1. The van der Waals surface area contributed by atoms with Crippen molar-refractivity contribution in [1.82, 2.24) is 13.9 Å². The zero-order valence-corrected chi connectivity index (χ0v) is 11.0. The van der Waals surface area contributed by atoms with Crippen LogP contribution in [0.4, 0.5) is 0 Å². The second-order valence-electron chi connectivity index (χ2n) is 4.68. The van der Waals surface area contributed by atoms with Gasteiger partial charge in [-0.1, -0.05) is 0 Å². The van der Waals surface area contributed by atoms with Crippen molar-refractivity contribution in [3.63, 3.8) is 0 Å². The summed E-state index contributed by atoms with van der Waals surface area (Å²) >= 11 is 0. The molecule has 1 aromatic rings. The van der Waals surface area contributed by atoms with Gasteiger partial charge in [0.25, 0.3) is 10.0 Å². The lowest BCUT2D eigenvalue weighted by molar-refractivity contribution is -0.0427. The highest BCUT2D eigenvalue weighted by molar-refractivity contribution is 7.89. The van der Waals surface area contributed by atoms with E-state index in [-0.39, 0.29) is 18.1 Å². The lowest BCUT2D eigenvalue weighted by Gasteiger charge is -2.42. The van der Waals surface area contributed by atoms with Crippen LogP contribution in [0.5, 0.6) is 0 Å². The number of aromatic nitrogens is 2. The minimum atomic E-state index is -3.54. The van der Waals surface area contributed by atoms with E-state index in [9.17, 15) is 13.5 Å². The minimum absolute atomic E-state index is 0.0624. The van der Waals surface area contributed by atoms with Crippen molar-refractivity contribution in [2.75, 3.05) is 13.1 Å². The van der Waals surface area contributed by atoms with E-state index in [0.29, 0.717) is 12.4 Å². The third-order valence-corrected chi connectivity index (χ3v) is 4.60. The molecule has 6 nitrogen and oxygen atoms in total. The Morgan fingerprint density at radius 1 is 1.53 bits per heavy atom. The average Bonchev–Trinajstić information content (AvgIpc) is 2.56. The number of sulfonamides is 1. The predicted octanol–water partition coefficient (Wildman–Crippen LogP) is -0.0333. The number of nitrogens with zero attached hydrogens (tertiary/aromatic N) is 3. The van der Waals surface area contributed by atoms with Gasteiger partial charge in [-0.25, -0.2) is 13.4 Å². The van der Waals surface area contributed by atoms with Gasteiger partial charge in [0.15, 0.2) is 5.03 Å². The Morgan fingerprint density at radius 2 is 2.12 bits per heavy atom. The summed E-state index contributed by atoms with van der Waals surface area (Å²) in [5.74, 6) is 0.679. The van der Waals surface area contributed by atoms with Gasteiger partial charge in [0.2, 0.25) is 0 Å². The van der Waals surface area contributed by atoms with Crippen LogP contribution in [-0.4, -0.2) is 46.1 Å². The lowest BCUT2D eigenvalue weighted by Crippen LogP contribution is -2.61. The topological polar surface area (TPSA) is 75.4 Å². The molecule has 2 heterocycles. The maximum atomic E-state index is 12.1. The SMILES string of the molecule is CCn1cc(S(=O)(=O)N2CC(C)(O)C2)nc1C. The maximum absolute atomic E-state index is 12.1. The molecule has 1 aliphatic heterocycles. The maximum Gasteiger partial charge on any atom is 0.262 e. The van der Waals surface area contributed by atoms with Crippen LogP contribution in [0.15, 0.2) is 11.2 Å². The van der Waals surface area contributed by atoms with E-state index in [1.54, 1.807) is 18.4 Å². The number of β-amino-alcohol motifs (C(OH)–C–C–N with tert-alkyl or cyclic N) is 1. The zero-order valence-electron chi connectivity index (χ0n) is 10.2. The summed E-state index contributed by atoms with van der Waals surface area (Å²) in [6.07, 6.45) is 1.54. The van der Waals surface area contributed by atoms with Gasteiger partial charge in [-0.3, -0.25) is 0 Å². The van der Waals surface area contributed by atoms with E-state index in [4.69, 9.17) is 0 Å². The Kier molecular flexibility index (Phi) is 2.80. The van der Waals surface area contributed by atoms with Gasteiger partial charge in [-0.05, 0) is 20.8 Å². The van der Waals surface area contributed by atoms with Crippen molar-refractivity contribution in [3.8, 4) is 0 Å². The Labute approximate surface area is 101 Å². The van der Waals surface area contributed by atoms with Crippen molar-refractivity contribution in [2.45, 2.75) is 37.9 Å². The standard InChI is InChI=1S/C10H17N3O3S/c1-4-12-5-9(11-8(12)2)17(15,16)13-6-10(3,14)7-13/h5,14H,4,6-7H2,1-3H3. The molecule has 0 bridgehead atoms. The molecule has 96 valence electrons. The monoisotopic (exact) mass is 259 g/mol. The molecule has 0 aliphatic carbocycles. The van der Waals surface area contributed by atoms with Crippen LogP contribution < -0.4 is 0 Å². The van der Waals surface area contributed by atoms with Crippen molar-refractivity contribution in [3.05, 3.63) is 12.0 Å². The fourth-order valence-corrected chi connectivity index (χ4v) is 3.61. The largest absolute Gasteiger partial charge is 0.387 e. The highest BCUT2D eigenvalue weighted by Gasteiger charge is 2.44. The average molecular weight is 259 g/mol. The van der Waals surface area contributed by atoms with Crippen molar-refractivity contribution >= 4 is 10.0 Å². The first-order chi connectivity index (χ1) is 7.76. The lowest BCUT2D eigenvalue weighted by atomic mass is 10.0. The van der Waals surface area contributed by atoms with E-state index in [1.165, 1.54) is 10.5 Å². The fraction of sp³-hybridized carbons (Fsp3) is 0.700. The normalized spacial score (nSPS) is 20.2. The summed E-state index contributed by atoms with van der Waals surface area (Å²) in [7, 11) is -3.54. The molecule has 0 amide bonds. The summed E-state index contributed by atoms with van der Waals surface area (Å²) in [5, 5.41) is 9.63. The van der Waals surface area contributed by atoms with Crippen LogP contribution in [0.1, 0.15) is 19.7 Å². The van der Waals surface area contributed by atoms with Crippen molar-refractivity contribution in [2.24, 2.45) is 0 Å². The van der Waals surface area contributed by atoms with E-state index >= 15 is 0 Å². The zero-order chi connectivity index (χ0) is 12.8. The van der Waals surface area contributed by atoms with Crippen LogP contribution in [-0.2, 0) is 16.6 Å². The third kappa shape index (κ3) is 2.10. The molecule has 7 heteroatoms. The van der Waals surface area contributed by atoms with Gasteiger partial charge in [0.1, 0.15) is 5.82 Å². The Morgan fingerprint density at radius 3 is 2.53 bits per heavy atom. The number of hydrogen-bond acceptors (Lipinski definition) is 4. The van der Waals surface area contributed by atoms with E-state index in [0.717, 1.165) is 0 Å². The molecule has 0 aromatic carbocycles. The first-order valence-corrected chi connectivity index (χ1v) is 6.96. The van der Waals surface area contributed by atoms with Gasteiger partial charge >= 0.3 is 0 Å². The molecule has 1 fully saturated rings. The van der Waals surface area contributed by atoms with Gasteiger partial charge in [-0.15, -0.1) is 0 Å². The molecule has 1 aliphatic rings. The number of aliphatic hydroxyl groups is 1. The quantitative estimate of drug-likeness (QED) is 0.827. The molecule has 1 N–H and O–H groups in total. The highest BCUT2D eigenvalue weighted by Crippen LogP contribution is 2.27. The smallest absolute Gasteiger partial charge is 0.262 e. The molecular formula is C10H17N3O3S. The molecule has 1 aromatic heterocycles. The van der Waals surface area contributed by atoms with Gasteiger partial charge in [-0.2, -0.15) is 4.31 Å². The molecule has 0 radical (unpaired) electrons. The first-order valence-electron chi connectivity index (χ1n) is 5.52. The Bertz CT molecular complexity index is 525. The molecule has 0 unspecified atom stereocenters. The summed E-state index contributed by atoms with van der Waals surface area (Å²) < 4.78 is 27.3. The van der Waals surface area contributed by atoms with E-state index < -0.39 is 15.6 Å². The van der Waals surface area contributed by atoms with Crippen molar-refractivity contribution < 1.29 is 13.5 Å². The van der Waals surface area contributed by atoms with Crippen LogP contribution in [0.25, 0.3) is 0 Å². The minimum Gasteiger partial charge on any atom is -0.387 e. The summed E-state index contributed by atoms with van der Waals surface area (Å²) in [4.78, 5) is 4.06. The molecule has 0 saturated carbocycles. The summed E-state index contributed by atoms with van der Waals surface area (Å²) in [5.41, 5.74) is -0.907. The van der Waals surface area contributed by atoms with Gasteiger partial charge < -0.3 is 9.67 Å². The van der Waals surface area contributed by atoms with Crippen LogP contribution in [0.3, 0.4) is 0 Å². The highest BCUT2D eigenvalue weighted by atomic mass is 32.2. The third-order valence-electron chi connectivity index (χ3n) is 2.93. The van der Waals surface area contributed by atoms with E-state index in [1.807, 2.05) is 6.92 Å². The first kappa shape index (κ1) is 12.5. The molecular weight excluding hydrogens is 242 g/mol. The summed E-state index contributed by atoms with van der Waals surface area (Å²) in [6, 6.07) is 0. The Hall–Kier alpha value is -0.920. The fourth-order valence-electron chi connectivity index (χ4n) is 1.94. The number of aryl methyl sites for hydroxylation is 2. The number of rotatable bonds is 3. The molecule has 0 atom stereocenters. The number of hydrogen-bond donors (Lipinski definition) is 1. The Balaban J connectivity index is 2.27. The van der Waals surface area contributed by atoms with Crippen LogP contribution >= 0.6 is 0 Å². The van der Waals surface area contributed by atoms with E-state index in [2.05, 4.69) is 4.98 Å².